The molecule has 0 amide bonds. The van der Waals surface area contributed by atoms with Crippen LogP contribution < -0.4 is 5.32 Å². The molecule has 4 nitrogen and oxygen atoms in total. The summed E-state index contributed by atoms with van der Waals surface area (Å²) in [6, 6.07) is 7.94. The Morgan fingerprint density at radius 3 is 2.42 bits per heavy atom. The average Bonchev–Trinajstić information content (AvgIpc) is 2.56. The second-order valence-corrected chi connectivity index (χ2v) is 6.06. The molecule has 0 unspecified atom stereocenters. The Kier molecular flexibility index (Phi) is 13.4. The van der Waals surface area contributed by atoms with Gasteiger partial charge in [0, 0.05) is 32.2 Å². The third-order valence-electron chi connectivity index (χ3n) is 4.02. The van der Waals surface area contributed by atoms with Crippen LogP contribution in [-0.2, 0) is 6.54 Å². The van der Waals surface area contributed by atoms with E-state index in [1.807, 2.05) is 32.3 Å². The number of hydrogen-bond acceptors (Lipinski definition) is 2. The molecule has 0 aliphatic heterocycles. The highest BCUT2D eigenvalue weighted by atomic mass is 127. The van der Waals surface area contributed by atoms with Crippen LogP contribution in [0, 0.1) is 0 Å². The van der Waals surface area contributed by atoms with E-state index in [1.165, 1.54) is 13.0 Å². The molecule has 1 aromatic carbocycles. The molecule has 0 fully saturated rings. The smallest absolute Gasteiger partial charge is 0.193 e. The van der Waals surface area contributed by atoms with Gasteiger partial charge in [0.25, 0.3) is 0 Å². The molecule has 1 aromatic rings. The summed E-state index contributed by atoms with van der Waals surface area (Å²) in [7, 11) is 3.86. The van der Waals surface area contributed by atoms with Crippen molar-refractivity contribution in [3.63, 3.8) is 0 Å². The molecule has 24 heavy (non-hydrogen) atoms. The Hall–Kier alpha value is -0.530. The minimum Gasteiger partial charge on any atom is -0.356 e. The van der Waals surface area contributed by atoms with Crippen molar-refractivity contribution >= 4 is 41.5 Å². The van der Waals surface area contributed by atoms with E-state index < -0.39 is 0 Å². The predicted molar refractivity (Wildman–Crippen MR) is 117 cm³/mol. The van der Waals surface area contributed by atoms with E-state index in [1.54, 1.807) is 0 Å². The highest BCUT2D eigenvalue weighted by molar-refractivity contribution is 14.0. The number of aliphatic imine (C=N–C) groups is 1. The molecule has 0 spiro atoms. The van der Waals surface area contributed by atoms with E-state index in [0.29, 0.717) is 0 Å². The van der Waals surface area contributed by atoms with Gasteiger partial charge in [-0.3, -0.25) is 4.99 Å². The lowest BCUT2D eigenvalue weighted by Crippen LogP contribution is -2.39. The summed E-state index contributed by atoms with van der Waals surface area (Å²) >= 11 is 6.23. The summed E-state index contributed by atoms with van der Waals surface area (Å²) in [5.74, 6) is 0.910. The van der Waals surface area contributed by atoms with Gasteiger partial charge in [-0.15, -0.1) is 24.0 Å². The topological polar surface area (TPSA) is 30.9 Å². The van der Waals surface area contributed by atoms with Crippen molar-refractivity contribution in [1.82, 2.24) is 15.1 Å². The van der Waals surface area contributed by atoms with Gasteiger partial charge in [-0.25, -0.2) is 0 Å². The minimum atomic E-state index is 0. The maximum atomic E-state index is 6.23. The van der Waals surface area contributed by atoms with Crippen molar-refractivity contribution in [1.29, 1.82) is 0 Å². The summed E-state index contributed by atoms with van der Waals surface area (Å²) < 4.78 is 0. The first kappa shape index (κ1) is 23.5. The Labute approximate surface area is 169 Å². The number of unbranched alkanes of at least 4 members (excludes halogenated alkanes) is 1. The second kappa shape index (κ2) is 13.7. The number of nitrogens with zero attached hydrogens (tertiary/aromatic N) is 3. The van der Waals surface area contributed by atoms with E-state index in [0.717, 1.165) is 49.1 Å². The number of hydrogen-bond donors (Lipinski definition) is 1. The van der Waals surface area contributed by atoms with E-state index in [4.69, 9.17) is 11.6 Å². The fourth-order valence-corrected chi connectivity index (χ4v) is 2.74. The van der Waals surface area contributed by atoms with Crippen LogP contribution in [0.5, 0.6) is 0 Å². The van der Waals surface area contributed by atoms with Crippen LogP contribution >= 0.6 is 35.6 Å². The maximum absolute atomic E-state index is 6.23. The van der Waals surface area contributed by atoms with E-state index >= 15 is 0 Å². The monoisotopic (exact) mass is 466 g/mol. The first-order valence-electron chi connectivity index (χ1n) is 8.49. The van der Waals surface area contributed by atoms with Crippen molar-refractivity contribution in [2.45, 2.75) is 33.2 Å². The van der Waals surface area contributed by atoms with Crippen LogP contribution in [0.4, 0.5) is 0 Å². The summed E-state index contributed by atoms with van der Waals surface area (Å²) in [5.41, 5.74) is 1.11. The van der Waals surface area contributed by atoms with Crippen LogP contribution in [0.3, 0.4) is 0 Å². The van der Waals surface area contributed by atoms with Crippen molar-refractivity contribution in [3.8, 4) is 0 Å². The van der Waals surface area contributed by atoms with Gasteiger partial charge in [-0.05, 0) is 44.1 Å². The lowest BCUT2D eigenvalue weighted by atomic mass is 10.2. The van der Waals surface area contributed by atoms with Crippen LogP contribution in [0.1, 0.15) is 32.3 Å². The third-order valence-corrected chi connectivity index (χ3v) is 4.39. The molecule has 0 saturated heterocycles. The van der Waals surface area contributed by atoms with Crippen molar-refractivity contribution in [2.24, 2.45) is 4.99 Å². The fraction of sp³-hybridized carbons (Fsp3) is 0.611. The Balaban J connectivity index is 0.00000529. The number of rotatable bonds is 9. The van der Waals surface area contributed by atoms with Gasteiger partial charge in [-0.2, -0.15) is 0 Å². The van der Waals surface area contributed by atoms with Gasteiger partial charge in [0.05, 0.1) is 0 Å². The van der Waals surface area contributed by atoms with Gasteiger partial charge in [0.15, 0.2) is 5.96 Å². The zero-order chi connectivity index (χ0) is 17.1. The summed E-state index contributed by atoms with van der Waals surface area (Å²) in [6.07, 6.45) is 2.36. The van der Waals surface area contributed by atoms with Crippen LogP contribution in [0.25, 0.3) is 0 Å². The lowest BCUT2D eigenvalue weighted by molar-refractivity contribution is 0.297. The molecule has 0 heterocycles. The average molecular weight is 467 g/mol. The second-order valence-electron chi connectivity index (χ2n) is 5.66. The quantitative estimate of drug-likeness (QED) is 0.257. The van der Waals surface area contributed by atoms with Gasteiger partial charge in [0.2, 0.25) is 0 Å². The molecule has 138 valence electrons. The third kappa shape index (κ3) is 8.53. The molecule has 0 radical (unpaired) electrons. The number of halogens is 2. The first-order valence-corrected chi connectivity index (χ1v) is 8.87. The lowest BCUT2D eigenvalue weighted by Gasteiger charge is -2.23. The standard InChI is InChI=1S/C18H31ClN4.HI/c1-5-23(6-2)14-10-9-13-21-18(20-3)22(4)15-16-11-7-8-12-17(16)19;/h7-8,11-12H,5-6,9-10,13-15H2,1-4H3,(H,20,21);1H. The van der Waals surface area contributed by atoms with Crippen LogP contribution in [-0.4, -0.2) is 56.0 Å². The summed E-state index contributed by atoms with van der Waals surface area (Å²) in [5, 5.41) is 4.23. The van der Waals surface area contributed by atoms with Crippen LogP contribution in [0.15, 0.2) is 29.3 Å². The van der Waals surface area contributed by atoms with E-state index in [9.17, 15) is 0 Å². The molecule has 0 atom stereocenters. The molecule has 0 aliphatic carbocycles. The zero-order valence-electron chi connectivity index (χ0n) is 15.4. The largest absolute Gasteiger partial charge is 0.356 e. The predicted octanol–water partition coefficient (Wildman–Crippen LogP) is 4.09. The van der Waals surface area contributed by atoms with Gasteiger partial charge in [0.1, 0.15) is 0 Å². The Morgan fingerprint density at radius 2 is 1.83 bits per heavy atom. The molecule has 1 N–H and O–H groups in total. The zero-order valence-corrected chi connectivity index (χ0v) is 18.5. The molecule has 0 saturated carbocycles. The first-order chi connectivity index (χ1) is 11.1. The minimum absolute atomic E-state index is 0. The fourth-order valence-electron chi connectivity index (χ4n) is 2.54. The molecule has 0 aromatic heterocycles. The van der Waals surface area contributed by atoms with Crippen molar-refractivity contribution in [2.75, 3.05) is 40.3 Å². The number of benzene rings is 1. The number of nitrogens with one attached hydrogen (secondary N) is 1. The van der Waals surface area contributed by atoms with Crippen molar-refractivity contribution in [3.05, 3.63) is 34.9 Å². The van der Waals surface area contributed by atoms with E-state index in [-0.39, 0.29) is 24.0 Å². The summed E-state index contributed by atoms with van der Waals surface area (Å²) in [4.78, 5) is 8.92. The molecule has 1 rings (SSSR count). The maximum Gasteiger partial charge on any atom is 0.193 e. The van der Waals surface area contributed by atoms with Gasteiger partial charge in [-0.1, -0.05) is 43.6 Å². The van der Waals surface area contributed by atoms with Gasteiger partial charge >= 0.3 is 0 Å². The van der Waals surface area contributed by atoms with Gasteiger partial charge < -0.3 is 15.1 Å². The van der Waals surface area contributed by atoms with E-state index in [2.05, 4.69) is 40.0 Å². The van der Waals surface area contributed by atoms with Crippen molar-refractivity contribution < 1.29 is 0 Å². The molecule has 6 heteroatoms. The Morgan fingerprint density at radius 1 is 1.17 bits per heavy atom. The highest BCUT2D eigenvalue weighted by Gasteiger charge is 2.08. The van der Waals surface area contributed by atoms with Crippen LogP contribution in [0.2, 0.25) is 5.02 Å². The highest BCUT2D eigenvalue weighted by Crippen LogP contribution is 2.16. The normalized spacial score (nSPS) is 11.3. The molecular weight excluding hydrogens is 435 g/mol. The molecule has 0 aliphatic rings. The molecular formula is C18H32ClIN4. The number of guanidine groups is 1. The Bertz CT molecular complexity index is 478. The molecule has 0 bridgehead atoms. The summed E-state index contributed by atoms with van der Waals surface area (Å²) in [6.45, 7) is 9.56. The SMILES string of the molecule is CCN(CC)CCCCNC(=NC)N(C)Cc1ccccc1Cl.I.